The molecule has 0 saturated heterocycles. The Labute approximate surface area is 73.7 Å². The van der Waals surface area contributed by atoms with E-state index in [1.165, 1.54) is 0 Å². The van der Waals surface area contributed by atoms with Crippen LogP contribution in [0.4, 0.5) is 0 Å². The minimum absolute atomic E-state index is 0. The first-order valence-corrected chi connectivity index (χ1v) is 2.68. The number of hydrogen-bond donors (Lipinski definition) is 4. The van der Waals surface area contributed by atoms with Crippen molar-refractivity contribution in [2.45, 2.75) is 0 Å². The molecule has 0 unspecified atom stereocenters. The van der Waals surface area contributed by atoms with Crippen molar-refractivity contribution in [2.24, 2.45) is 0 Å². The van der Waals surface area contributed by atoms with Crippen LogP contribution in [0.2, 0.25) is 0 Å². The van der Waals surface area contributed by atoms with Crippen LogP contribution in [0.3, 0.4) is 0 Å². The molecule has 0 spiro atoms. The highest BCUT2D eigenvalue weighted by molar-refractivity contribution is 6.46. The third-order valence-corrected chi connectivity index (χ3v) is 0. The summed E-state index contributed by atoms with van der Waals surface area (Å²) < 4.78 is 0. The van der Waals surface area contributed by atoms with Crippen LogP contribution < -0.4 is 0 Å². The Bertz CT molecular complexity index is 25.0. The van der Waals surface area contributed by atoms with Crippen LogP contribution >= 0.6 is 0 Å². The predicted molar refractivity (Wildman–Crippen MR) is 42.6 cm³/mol. The first-order chi connectivity index (χ1) is 2.00. The van der Waals surface area contributed by atoms with Crippen LogP contribution in [0, 0.1) is 0 Å². The SMILES string of the molecule is O.O.O.O.O.O[Si](O)(O)O.[AlH3]. The van der Waals surface area contributed by atoms with E-state index in [1.807, 2.05) is 0 Å². The van der Waals surface area contributed by atoms with Gasteiger partial charge in [-0.1, -0.05) is 0 Å². The maximum Gasteiger partial charge on any atom is 0.668 e. The van der Waals surface area contributed by atoms with Gasteiger partial charge in [0.2, 0.25) is 0 Å². The van der Waals surface area contributed by atoms with Gasteiger partial charge in [0.25, 0.3) is 0 Å². The van der Waals surface area contributed by atoms with Crippen molar-refractivity contribution in [3.8, 4) is 0 Å². The Morgan fingerprint density at radius 2 is 0.545 bits per heavy atom. The lowest BCUT2D eigenvalue weighted by Gasteiger charge is -1.91. The molecule has 0 aliphatic heterocycles. The van der Waals surface area contributed by atoms with Gasteiger partial charge >= 0.3 is 9.05 Å². The zero-order valence-electron chi connectivity index (χ0n) is 4.79. The molecule has 0 radical (unpaired) electrons. The van der Waals surface area contributed by atoms with Crippen LogP contribution in [0.5, 0.6) is 0 Å². The van der Waals surface area contributed by atoms with Crippen molar-refractivity contribution in [1.82, 2.24) is 0 Å². The van der Waals surface area contributed by atoms with Gasteiger partial charge in [-0.05, 0) is 0 Å². The van der Waals surface area contributed by atoms with Gasteiger partial charge in [-0.25, -0.2) is 0 Å². The van der Waals surface area contributed by atoms with Gasteiger partial charge < -0.3 is 46.6 Å². The third-order valence-electron chi connectivity index (χ3n) is 0. The second kappa shape index (κ2) is 22.4. The van der Waals surface area contributed by atoms with E-state index in [9.17, 15) is 0 Å². The van der Waals surface area contributed by atoms with Crippen LogP contribution in [-0.2, 0) is 0 Å². The van der Waals surface area contributed by atoms with E-state index >= 15 is 0 Å². The summed E-state index contributed by atoms with van der Waals surface area (Å²) in [5, 5.41) is 0. The van der Waals surface area contributed by atoms with Gasteiger partial charge in [0, 0.05) is 0 Å². The molecule has 9 nitrogen and oxygen atoms in total. The van der Waals surface area contributed by atoms with E-state index in [0.717, 1.165) is 0 Å². The Kier molecular flexibility index (Phi) is 130. The van der Waals surface area contributed by atoms with Crippen LogP contribution in [0.15, 0.2) is 0 Å². The molecule has 0 aliphatic carbocycles. The Hall–Kier alpha value is 0.389. The summed E-state index contributed by atoms with van der Waals surface area (Å²) >= 11 is 0. The van der Waals surface area contributed by atoms with Crippen molar-refractivity contribution >= 4 is 26.4 Å². The molecule has 0 heterocycles. The molecule has 11 heavy (non-hydrogen) atoms. The topological polar surface area (TPSA) is 238 Å². The Balaban J connectivity index is -0.00000000533. The van der Waals surface area contributed by atoms with Crippen molar-refractivity contribution in [3.05, 3.63) is 0 Å². The lowest BCUT2D eigenvalue weighted by Crippen LogP contribution is -2.33. The molecule has 0 aromatic carbocycles. The molecule has 0 bridgehead atoms. The molecule has 11 heteroatoms. The van der Waals surface area contributed by atoms with Gasteiger partial charge in [-0.3, -0.25) is 0 Å². The largest absolute Gasteiger partial charge is 0.668 e. The van der Waals surface area contributed by atoms with Crippen molar-refractivity contribution in [2.75, 3.05) is 0 Å². The summed E-state index contributed by atoms with van der Waals surface area (Å²) in [5.74, 6) is 0. The molecule has 0 fully saturated rings. The molecular formula is H17AlO9Si. The first-order valence-electron chi connectivity index (χ1n) is 0.894. The van der Waals surface area contributed by atoms with Crippen LogP contribution in [-0.4, -0.2) is 73.0 Å². The molecule has 0 aliphatic rings. The summed E-state index contributed by atoms with van der Waals surface area (Å²) in [5.41, 5.74) is 0. The average Bonchev–Trinajstić information content (AvgIpc) is 0.722. The van der Waals surface area contributed by atoms with Gasteiger partial charge in [-0.15, -0.1) is 0 Å². The predicted octanol–water partition coefficient (Wildman–Crippen LogP) is -7.92. The van der Waals surface area contributed by atoms with Gasteiger partial charge in [0.15, 0.2) is 17.4 Å². The van der Waals surface area contributed by atoms with E-state index in [4.69, 9.17) is 19.2 Å². The number of hydrogen-bond acceptors (Lipinski definition) is 4. The molecule has 0 saturated carbocycles. The fourth-order valence-electron chi connectivity index (χ4n) is 0. The third kappa shape index (κ3) is 4820. The summed E-state index contributed by atoms with van der Waals surface area (Å²) in [7, 11) is -4.61. The van der Waals surface area contributed by atoms with Crippen LogP contribution in [0.1, 0.15) is 0 Å². The quantitative estimate of drug-likeness (QED) is 0.288. The number of rotatable bonds is 0. The second-order valence-corrected chi connectivity index (χ2v) is 1.80. The summed E-state index contributed by atoms with van der Waals surface area (Å²) in [4.78, 5) is 29.3. The van der Waals surface area contributed by atoms with E-state index in [1.54, 1.807) is 0 Å². The highest BCUT2D eigenvalue weighted by atomic mass is 28.4. The van der Waals surface area contributed by atoms with E-state index in [2.05, 4.69) is 0 Å². The second-order valence-electron chi connectivity index (χ2n) is 0.600. The van der Waals surface area contributed by atoms with Crippen molar-refractivity contribution in [1.29, 1.82) is 0 Å². The Morgan fingerprint density at radius 1 is 0.545 bits per heavy atom. The standard InChI is InChI=1S/Al.H4O4Si.5H2O.3H/c;1-5(2,3)4;;;;;;;;/h;1-4H;5*1H2;;;. The molecular weight excluding hydrogens is 199 g/mol. The minimum atomic E-state index is -4.61. The van der Waals surface area contributed by atoms with Gasteiger partial charge in [-0.2, -0.15) is 0 Å². The average molecular weight is 216 g/mol. The zero-order chi connectivity index (χ0) is 4.50. The maximum atomic E-state index is 7.33. The maximum absolute atomic E-state index is 7.33. The molecule has 0 aromatic rings. The molecule has 0 amide bonds. The smallest absolute Gasteiger partial charge is 0.412 e. The molecule has 0 rings (SSSR count). The lowest BCUT2D eigenvalue weighted by molar-refractivity contribution is 0.117. The summed E-state index contributed by atoms with van der Waals surface area (Å²) in [6.07, 6.45) is 0. The summed E-state index contributed by atoms with van der Waals surface area (Å²) in [6, 6.07) is 0. The summed E-state index contributed by atoms with van der Waals surface area (Å²) in [6.45, 7) is 0. The highest BCUT2D eigenvalue weighted by Crippen LogP contribution is 1.67. The van der Waals surface area contributed by atoms with E-state index in [0.29, 0.717) is 0 Å². The fraction of sp³-hybridized carbons (Fsp3) is 0. The zero-order valence-corrected chi connectivity index (χ0v) is 5.79. The van der Waals surface area contributed by atoms with Crippen molar-refractivity contribution in [3.63, 3.8) is 0 Å². The van der Waals surface area contributed by atoms with Gasteiger partial charge in [0.1, 0.15) is 0 Å². The van der Waals surface area contributed by atoms with Crippen LogP contribution in [0.25, 0.3) is 0 Å². The van der Waals surface area contributed by atoms with Crippen molar-refractivity contribution < 1.29 is 46.6 Å². The van der Waals surface area contributed by atoms with E-state index < -0.39 is 9.05 Å². The molecule has 14 N–H and O–H groups in total. The monoisotopic (exact) mass is 216 g/mol. The highest BCUT2D eigenvalue weighted by Gasteiger charge is 2.22. The molecule has 0 atom stereocenters. The van der Waals surface area contributed by atoms with E-state index in [-0.39, 0.29) is 44.7 Å². The van der Waals surface area contributed by atoms with Gasteiger partial charge in [0.05, 0.1) is 0 Å². The Morgan fingerprint density at radius 3 is 0.545 bits per heavy atom. The molecule has 78 valence electrons. The minimum Gasteiger partial charge on any atom is -0.412 e. The normalized spacial score (nSPS) is 5.45. The molecule has 0 aromatic heterocycles. The first kappa shape index (κ1) is 63.8. The fourth-order valence-corrected chi connectivity index (χ4v) is 0. The lowest BCUT2D eigenvalue weighted by atomic mass is 15.7.